The van der Waals surface area contributed by atoms with Crippen molar-refractivity contribution in [2.45, 2.75) is 34.6 Å². The molecule has 0 bridgehead atoms. The van der Waals surface area contributed by atoms with Crippen LogP contribution in [0.4, 0.5) is 0 Å². The summed E-state index contributed by atoms with van der Waals surface area (Å²) in [5.41, 5.74) is 7.06. The highest BCUT2D eigenvalue weighted by Crippen LogP contribution is 2.29. The molecule has 0 fully saturated rings. The molecule has 0 heterocycles. The van der Waals surface area contributed by atoms with Crippen LogP contribution in [0.15, 0.2) is 18.2 Å². The lowest BCUT2D eigenvalue weighted by Gasteiger charge is -2.14. The molecule has 2 aromatic carbocycles. The highest BCUT2D eigenvalue weighted by Gasteiger charge is 2.08. The van der Waals surface area contributed by atoms with Crippen molar-refractivity contribution in [1.29, 1.82) is 0 Å². The first kappa shape index (κ1) is 10.2. The Balaban J connectivity index is 3.00. The van der Waals surface area contributed by atoms with Crippen LogP contribution in [0.2, 0.25) is 0 Å². The van der Waals surface area contributed by atoms with Crippen molar-refractivity contribution in [3.05, 3.63) is 46.0 Å². The lowest BCUT2D eigenvalue weighted by Crippen LogP contribution is -1.94. The van der Waals surface area contributed by atoms with E-state index in [1.807, 2.05) is 0 Å². The van der Waals surface area contributed by atoms with Crippen LogP contribution in [0.3, 0.4) is 0 Å². The summed E-state index contributed by atoms with van der Waals surface area (Å²) in [6.45, 7) is 11.0. The molecule has 0 saturated carbocycles. The van der Waals surface area contributed by atoms with Gasteiger partial charge in [-0.1, -0.05) is 23.8 Å². The number of hydrogen-bond acceptors (Lipinski definition) is 0. The number of rotatable bonds is 0. The molecule has 0 N–H and O–H groups in total. The molecule has 15 heavy (non-hydrogen) atoms. The summed E-state index contributed by atoms with van der Waals surface area (Å²) in [7, 11) is 0. The average molecular weight is 198 g/mol. The first-order valence-corrected chi connectivity index (χ1v) is 5.49. The second-order valence-corrected chi connectivity index (χ2v) is 4.55. The maximum absolute atomic E-state index is 2.30. The Bertz CT molecular complexity index is 533. The topological polar surface area (TPSA) is 0 Å². The second kappa shape index (κ2) is 3.37. The van der Waals surface area contributed by atoms with Crippen molar-refractivity contribution in [2.24, 2.45) is 0 Å². The Morgan fingerprint density at radius 2 is 1.13 bits per heavy atom. The van der Waals surface area contributed by atoms with Gasteiger partial charge < -0.3 is 0 Å². The minimum absolute atomic E-state index is 1.34. The predicted octanol–water partition coefficient (Wildman–Crippen LogP) is 4.38. The van der Waals surface area contributed by atoms with Crippen molar-refractivity contribution in [1.82, 2.24) is 0 Å². The molecule has 0 saturated heterocycles. The molecule has 0 aliphatic heterocycles. The highest BCUT2D eigenvalue weighted by atomic mass is 14.1. The summed E-state index contributed by atoms with van der Waals surface area (Å²) < 4.78 is 0. The van der Waals surface area contributed by atoms with E-state index in [0.717, 1.165) is 0 Å². The highest BCUT2D eigenvalue weighted by molar-refractivity contribution is 5.91. The predicted molar refractivity (Wildman–Crippen MR) is 67.6 cm³/mol. The van der Waals surface area contributed by atoms with E-state index in [2.05, 4.69) is 52.8 Å². The van der Waals surface area contributed by atoms with Crippen molar-refractivity contribution in [3.8, 4) is 0 Å². The molecule has 0 heteroatoms. The number of hydrogen-bond donors (Lipinski definition) is 0. The number of benzene rings is 2. The SMILES string of the molecule is Cc1ccc2c(C)c(C)c(C)c(C)c2c1. The standard InChI is InChI=1S/C15H18/c1-9-6-7-14-12(4)10(2)11(3)13(5)15(14)8-9/h6-8H,1-5H3. The molecular weight excluding hydrogens is 180 g/mol. The normalized spacial score (nSPS) is 11.0. The third-order valence-electron chi connectivity index (χ3n) is 3.67. The van der Waals surface area contributed by atoms with E-state index in [-0.39, 0.29) is 0 Å². The van der Waals surface area contributed by atoms with Crippen LogP contribution in [0, 0.1) is 34.6 Å². The molecule has 0 nitrogen and oxygen atoms in total. The summed E-state index contributed by atoms with van der Waals surface area (Å²) in [6.07, 6.45) is 0. The van der Waals surface area contributed by atoms with Crippen molar-refractivity contribution in [3.63, 3.8) is 0 Å². The Labute approximate surface area is 91.9 Å². The van der Waals surface area contributed by atoms with Gasteiger partial charge in [0, 0.05) is 0 Å². The molecule has 0 aliphatic rings. The molecule has 2 rings (SSSR count). The van der Waals surface area contributed by atoms with Gasteiger partial charge in [0.15, 0.2) is 0 Å². The van der Waals surface area contributed by atoms with E-state index < -0.39 is 0 Å². The van der Waals surface area contributed by atoms with Gasteiger partial charge in [0.2, 0.25) is 0 Å². The molecule has 78 valence electrons. The average Bonchev–Trinajstić information content (AvgIpc) is 2.23. The summed E-state index contributed by atoms with van der Waals surface area (Å²) >= 11 is 0. The third-order valence-corrected chi connectivity index (χ3v) is 3.67. The lowest BCUT2D eigenvalue weighted by atomic mass is 9.91. The van der Waals surface area contributed by atoms with Gasteiger partial charge >= 0.3 is 0 Å². The van der Waals surface area contributed by atoms with E-state index in [1.165, 1.54) is 38.6 Å². The van der Waals surface area contributed by atoms with E-state index in [0.29, 0.717) is 0 Å². The largest absolute Gasteiger partial charge is 0.0587 e. The molecule has 0 aliphatic carbocycles. The summed E-state index contributed by atoms with van der Waals surface area (Å²) in [4.78, 5) is 0. The van der Waals surface area contributed by atoms with Crippen LogP contribution in [-0.2, 0) is 0 Å². The molecular formula is C15H18. The zero-order chi connectivity index (χ0) is 11.2. The molecule has 0 aromatic heterocycles. The van der Waals surface area contributed by atoms with E-state index >= 15 is 0 Å². The van der Waals surface area contributed by atoms with Gasteiger partial charge in [0.1, 0.15) is 0 Å². The quantitative estimate of drug-likeness (QED) is 0.589. The fourth-order valence-electron chi connectivity index (χ4n) is 2.26. The van der Waals surface area contributed by atoms with E-state index in [1.54, 1.807) is 0 Å². The monoisotopic (exact) mass is 198 g/mol. The van der Waals surface area contributed by atoms with Crippen LogP contribution in [0.25, 0.3) is 10.8 Å². The summed E-state index contributed by atoms with van der Waals surface area (Å²) in [5.74, 6) is 0. The molecule has 0 amide bonds. The van der Waals surface area contributed by atoms with Gasteiger partial charge in [0.05, 0.1) is 0 Å². The minimum atomic E-state index is 1.34. The van der Waals surface area contributed by atoms with Crippen molar-refractivity contribution >= 4 is 10.8 Å². The van der Waals surface area contributed by atoms with Gasteiger partial charge in [-0.3, -0.25) is 0 Å². The van der Waals surface area contributed by atoms with Gasteiger partial charge in [-0.05, 0) is 67.6 Å². The molecule has 0 atom stereocenters. The molecule has 0 spiro atoms. The fourth-order valence-corrected chi connectivity index (χ4v) is 2.26. The van der Waals surface area contributed by atoms with Gasteiger partial charge in [0.25, 0.3) is 0 Å². The summed E-state index contributed by atoms with van der Waals surface area (Å²) in [6, 6.07) is 6.74. The fraction of sp³-hybridized carbons (Fsp3) is 0.333. The third kappa shape index (κ3) is 1.45. The lowest BCUT2D eigenvalue weighted by molar-refractivity contribution is 1.25. The number of aryl methyl sites for hydroxylation is 3. The van der Waals surface area contributed by atoms with Crippen LogP contribution in [0.5, 0.6) is 0 Å². The maximum Gasteiger partial charge on any atom is -0.0147 e. The van der Waals surface area contributed by atoms with Gasteiger partial charge in [-0.25, -0.2) is 0 Å². The van der Waals surface area contributed by atoms with Gasteiger partial charge in [-0.15, -0.1) is 0 Å². The Hall–Kier alpha value is -1.30. The molecule has 0 radical (unpaired) electrons. The molecule has 0 unspecified atom stereocenters. The zero-order valence-electron chi connectivity index (χ0n) is 10.2. The minimum Gasteiger partial charge on any atom is -0.0587 e. The van der Waals surface area contributed by atoms with Crippen molar-refractivity contribution < 1.29 is 0 Å². The number of fused-ring (bicyclic) bond motifs is 1. The first-order chi connectivity index (χ1) is 7.02. The Morgan fingerprint density at radius 1 is 0.600 bits per heavy atom. The van der Waals surface area contributed by atoms with E-state index in [9.17, 15) is 0 Å². The summed E-state index contributed by atoms with van der Waals surface area (Å²) in [5, 5.41) is 2.82. The van der Waals surface area contributed by atoms with Crippen molar-refractivity contribution in [2.75, 3.05) is 0 Å². The van der Waals surface area contributed by atoms with Crippen LogP contribution < -0.4 is 0 Å². The van der Waals surface area contributed by atoms with Crippen LogP contribution >= 0.6 is 0 Å². The van der Waals surface area contributed by atoms with Crippen LogP contribution in [-0.4, -0.2) is 0 Å². The maximum atomic E-state index is 2.30. The zero-order valence-corrected chi connectivity index (χ0v) is 10.2. The van der Waals surface area contributed by atoms with Crippen LogP contribution in [0.1, 0.15) is 27.8 Å². The second-order valence-electron chi connectivity index (χ2n) is 4.55. The first-order valence-electron chi connectivity index (χ1n) is 5.49. The Kier molecular flexibility index (Phi) is 2.30. The van der Waals surface area contributed by atoms with E-state index in [4.69, 9.17) is 0 Å². The van der Waals surface area contributed by atoms with Gasteiger partial charge in [-0.2, -0.15) is 0 Å². The molecule has 2 aromatic rings. The Morgan fingerprint density at radius 3 is 1.73 bits per heavy atom. The smallest absolute Gasteiger partial charge is 0.0147 e.